The highest BCUT2D eigenvalue weighted by Gasteiger charge is 2.23. The van der Waals surface area contributed by atoms with E-state index in [4.69, 9.17) is 4.74 Å². The molecule has 1 N–H and O–H groups in total. The van der Waals surface area contributed by atoms with Gasteiger partial charge in [-0.1, -0.05) is 0 Å². The van der Waals surface area contributed by atoms with Crippen LogP contribution in [0.2, 0.25) is 0 Å². The van der Waals surface area contributed by atoms with Crippen molar-refractivity contribution in [1.29, 1.82) is 0 Å². The zero-order chi connectivity index (χ0) is 15.9. The van der Waals surface area contributed by atoms with Gasteiger partial charge < -0.3 is 10.1 Å². The van der Waals surface area contributed by atoms with Gasteiger partial charge in [-0.25, -0.2) is 4.68 Å². The van der Waals surface area contributed by atoms with E-state index in [-0.39, 0.29) is 5.91 Å². The zero-order valence-electron chi connectivity index (χ0n) is 13.4. The van der Waals surface area contributed by atoms with Crippen LogP contribution in [0.15, 0.2) is 0 Å². The van der Waals surface area contributed by atoms with Crippen molar-refractivity contribution in [3.63, 3.8) is 0 Å². The summed E-state index contributed by atoms with van der Waals surface area (Å²) < 4.78 is 9.19. The van der Waals surface area contributed by atoms with Crippen molar-refractivity contribution in [3.05, 3.63) is 28.2 Å². The zero-order valence-corrected chi connectivity index (χ0v) is 13.4. The van der Waals surface area contributed by atoms with Crippen LogP contribution >= 0.6 is 0 Å². The third-order valence-electron chi connectivity index (χ3n) is 4.18. The summed E-state index contributed by atoms with van der Waals surface area (Å²) in [7, 11) is 1.90. The van der Waals surface area contributed by atoms with Crippen LogP contribution in [0.3, 0.4) is 0 Å². The summed E-state index contributed by atoms with van der Waals surface area (Å²) in [6.45, 7) is 7.75. The maximum Gasteiger partial charge on any atom is 0.272 e. The number of aryl methyl sites for hydroxylation is 3. The highest BCUT2D eigenvalue weighted by Crippen LogP contribution is 2.25. The molecule has 0 unspecified atom stereocenters. The molecule has 1 aliphatic heterocycles. The number of rotatable bonds is 3. The van der Waals surface area contributed by atoms with Gasteiger partial charge in [0.05, 0.1) is 12.3 Å². The van der Waals surface area contributed by atoms with E-state index in [1.807, 2.05) is 32.5 Å². The summed E-state index contributed by atoms with van der Waals surface area (Å²) in [5.41, 5.74) is 4.29. The van der Waals surface area contributed by atoms with Gasteiger partial charge in [-0.15, -0.1) is 0 Å². The van der Waals surface area contributed by atoms with Crippen molar-refractivity contribution < 1.29 is 9.53 Å². The number of ether oxygens (including phenoxy) is 1. The first-order valence-electron chi connectivity index (χ1n) is 7.46. The van der Waals surface area contributed by atoms with Gasteiger partial charge in [0, 0.05) is 43.4 Å². The van der Waals surface area contributed by atoms with E-state index in [1.165, 1.54) is 0 Å². The topological polar surface area (TPSA) is 74.0 Å². The average Bonchev–Trinajstić information content (AvgIpc) is 2.96. The van der Waals surface area contributed by atoms with E-state index < -0.39 is 0 Å². The van der Waals surface area contributed by atoms with Gasteiger partial charge in [0.25, 0.3) is 5.91 Å². The Balaban J connectivity index is 1.76. The molecule has 7 nitrogen and oxygen atoms in total. The van der Waals surface area contributed by atoms with Crippen molar-refractivity contribution in [3.8, 4) is 5.88 Å². The van der Waals surface area contributed by atoms with E-state index >= 15 is 0 Å². The molecule has 0 bridgehead atoms. The Bertz CT molecular complexity index is 729. The number of amides is 1. The standard InChI is InChI=1S/C15H21N5O2/c1-9-13(18-20-6-5-7-22-15(9)20)14(21)16-8-12-10(2)17-19(4)11(12)3/h5-8H2,1-4H3,(H,16,21). The van der Waals surface area contributed by atoms with Gasteiger partial charge in [0.1, 0.15) is 0 Å². The summed E-state index contributed by atoms with van der Waals surface area (Å²) in [6, 6.07) is 0. The monoisotopic (exact) mass is 303 g/mol. The minimum atomic E-state index is -0.175. The molecule has 0 saturated heterocycles. The normalized spacial score (nSPS) is 13.6. The van der Waals surface area contributed by atoms with E-state index in [0.29, 0.717) is 24.7 Å². The molecule has 22 heavy (non-hydrogen) atoms. The number of carbonyl (C=O) groups excluding carboxylic acids is 1. The molecule has 0 fully saturated rings. The Kier molecular flexibility index (Phi) is 3.64. The molecule has 118 valence electrons. The van der Waals surface area contributed by atoms with Crippen LogP contribution < -0.4 is 10.1 Å². The molecule has 1 amide bonds. The number of hydrogen-bond donors (Lipinski definition) is 1. The maximum atomic E-state index is 12.4. The number of carbonyl (C=O) groups is 1. The van der Waals surface area contributed by atoms with E-state index in [1.54, 1.807) is 4.68 Å². The van der Waals surface area contributed by atoms with Crippen molar-refractivity contribution in [2.45, 2.75) is 40.3 Å². The third kappa shape index (κ3) is 2.36. The second-order valence-corrected chi connectivity index (χ2v) is 5.66. The first-order chi connectivity index (χ1) is 10.5. The Morgan fingerprint density at radius 2 is 2.09 bits per heavy atom. The molecule has 2 aromatic rings. The lowest BCUT2D eigenvalue weighted by Gasteiger charge is -2.14. The van der Waals surface area contributed by atoms with Gasteiger partial charge in [-0.2, -0.15) is 10.2 Å². The molecular weight excluding hydrogens is 282 g/mol. The molecule has 2 aromatic heterocycles. The molecule has 0 saturated carbocycles. The summed E-state index contributed by atoms with van der Waals surface area (Å²) >= 11 is 0. The summed E-state index contributed by atoms with van der Waals surface area (Å²) in [5.74, 6) is 0.538. The molecule has 3 rings (SSSR count). The first kappa shape index (κ1) is 14.6. The van der Waals surface area contributed by atoms with Crippen LogP contribution in [0.1, 0.15) is 39.4 Å². The fourth-order valence-corrected chi connectivity index (χ4v) is 2.79. The quantitative estimate of drug-likeness (QED) is 0.926. The molecule has 0 aliphatic carbocycles. The second kappa shape index (κ2) is 5.47. The van der Waals surface area contributed by atoms with E-state index in [0.717, 1.165) is 35.5 Å². The molecule has 0 atom stereocenters. The Hall–Kier alpha value is -2.31. The van der Waals surface area contributed by atoms with Crippen molar-refractivity contribution in [1.82, 2.24) is 24.9 Å². The fraction of sp³-hybridized carbons (Fsp3) is 0.533. The molecule has 1 aliphatic rings. The number of hydrogen-bond acceptors (Lipinski definition) is 4. The summed E-state index contributed by atoms with van der Waals surface area (Å²) in [4.78, 5) is 12.4. The smallest absolute Gasteiger partial charge is 0.272 e. The average molecular weight is 303 g/mol. The lowest BCUT2D eigenvalue weighted by molar-refractivity contribution is 0.0944. The minimum absolute atomic E-state index is 0.175. The summed E-state index contributed by atoms with van der Waals surface area (Å²) in [5, 5.41) is 11.7. The van der Waals surface area contributed by atoms with Gasteiger partial charge in [0.15, 0.2) is 5.69 Å². The van der Waals surface area contributed by atoms with Gasteiger partial charge >= 0.3 is 0 Å². The van der Waals surface area contributed by atoms with Crippen LogP contribution in [0.25, 0.3) is 0 Å². The van der Waals surface area contributed by atoms with Crippen molar-refractivity contribution in [2.24, 2.45) is 7.05 Å². The van der Waals surface area contributed by atoms with Crippen LogP contribution in [-0.2, 0) is 20.1 Å². The minimum Gasteiger partial charge on any atom is -0.478 e. The van der Waals surface area contributed by atoms with Crippen LogP contribution in [0, 0.1) is 20.8 Å². The van der Waals surface area contributed by atoms with Crippen LogP contribution in [0.4, 0.5) is 0 Å². The van der Waals surface area contributed by atoms with Crippen LogP contribution in [-0.4, -0.2) is 32.1 Å². The number of nitrogens with one attached hydrogen (secondary N) is 1. The molecule has 0 spiro atoms. The number of aromatic nitrogens is 4. The van der Waals surface area contributed by atoms with Crippen molar-refractivity contribution in [2.75, 3.05) is 6.61 Å². The predicted molar refractivity (Wildman–Crippen MR) is 80.9 cm³/mol. The predicted octanol–water partition coefficient (Wildman–Crippen LogP) is 1.25. The van der Waals surface area contributed by atoms with Gasteiger partial charge in [0.2, 0.25) is 5.88 Å². The molecule has 7 heteroatoms. The summed E-state index contributed by atoms with van der Waals surface area (Å²) in [6.07, 6.45) is 0.920. The largest absolute Gasteiger partial charge is 0.478 e. The van der Waals surface area contributed by atoms with E-state index in [2.05, 4.69) is 15.5 Å². The lowest BCUT2D eigenvalue weighted by Crippen LogP contribution is -2.24. The lowest BCUT2D eigenvalue weighted by atomic mass is 10.2. The van der Waals surface area contributed by atoms with Crippen molar-refractivity contribution >= 4 is 5.91 Å². The van der Waals surface area contributed by atoms with Crippen LogP contribution in [0.5, 0.6) is 5.88 Å². The first-order valence-corrected chi connectivity index (χ1v) is 7.46. The Labute approximate surface area is 129 Å². The maximum absolute atomic E-state index is 12.4. The Morgan fingerprint density at radius 1 is 1.32 bits per heavy atom. The SMILES string of the molecule is Cc1nn(C)c(C)c1CNC(=O)c1nn2c(c1C)OCCC2. The van der Waals surface area contributed by atoms with Gasteiger partial charge in [-0.3, -0.25) is 9.48 Å². The second-order valence-electron chi connectivity index (χ2n) is 5.66. The third-order valence-corrected chi connectivity index (χ3v) is 4.18. The van der Waals surface area contributed by atoms with Gasteiger partial charge in [-0.05, 0) is 20.8 Å². The fourth-order valence-electron chi connectivity index (χ4n) is 2.79. The molecule has 0 radical (unpaired) electrons. The number of fused-ring (bicyclic) bond motifs is 1. The molecule has 3 heterocycles. The molecular formula is C15H21N5O2. The molecule has 0 aromatic carbocycles. The highest BCUT2D eigenvalue weighted by atomic mass is 16.5. The number of nitrogens with zero attached hydrogens (tertiary/aromatic N) is 4. The Morgan fingerprint density at radius 3 is 2.73 bits per heavy atom. The van der Waals surface area contributed by atoms with E-state index in [9.17, 15) is 4.79 Å². The highest BCUT2D eigenvalue weighted by molar-refractivity contribution is 5.94.